The number of piperidine rings is 1. The second-order valence-corrected chi connectivity index (χ2v) is 7.11. The maximum absolute atomic E-state index is 13.1. The average Bonchev–Trinajstić information content (AvgIpc) is 2.74. The Hall–Kier alpha value is -2.53. The van der Waals surface area contributed by atoms with Gasteiger partial charge in [-0.15, -0.1) is 0 Å². The fourth-order valence-corrected chi connectivity index (χ4v) is 3.60. The van der Waals surface area contributed by atoms with Crippen molar-refractivity contribution in [2.24, 2.45) is 5.92 Å². The molecule has 2 aromatic rings. The van der Waals surface area contributed by atoms with Gasteiger partial charge in [-0.25, -0.2) is 0 Å². The van der Waals surface area contributed by atoms with Crippen molar-refractivity contribution in [1.29, 1.82) is 0 Å². The summed E-state index contributed by atoms with van der Waals surface area (Å²) in [6.45, 7) is 5.14. The lowest BCUT2D eigenvalue weighted by Gasteiger charge is -2.32. The normalized spacial score (nSPS) is 14.7. The van der Waals surface area contributed by atoms with Crippen LogP contribution in [-0.2, 0) is 0 Å². The molecule has 1 heterocycles. The molecule has 0 aromatic heterocycles. The highest BCUT2D eigenvalue weighted by molar-refractivity contribution is 5.97. The van der Waals surface area contributed by atoms with E-state index in [1.54, 1.807) is 0 Å². The first-order valence-corrected chi connectivity index (χ1v) is 10.2. The number of amides is 1. The summed E-state index contributed by atoms with van der Waals surface area (Å²) in [7, 11) is 1.99. The molecule has 1 aliphatic rings. The first kappa shape index (κ1) is 20.2. The van der Waals surface area contributed by atoms with Gasteiger partial charge in [0.25, 0.3) is 5.91 Å². The van der Waals surface area contributed by atoms with Gasteiger partial charge < -0.3 is 19.7 Å². The summed E-state index contributed by atoms with van der Waals surface area (Å²) >= 11 is 0. The first-order chi connectivity index (χ1) is 13.7. The van der Waals surface area contributed by atoms with Crippen LogP contribution < -0.4 is 14.8 Å². The molecule has 0 spiro atoms. The van der Waals surface area contributed by atoms with Crippen molar-refractivity contribution in [1.82, 2.24) is 10.2 Å². The summed E-state index contributed by atoms with van der Waals surface area (Å²) in [5.41, 5.74) is 0.600. The topological polar surface area (TPSA) is 50.8 Å². The quantitative estimate of drug-likeness (QED) is 0.738. The molecule has 1 N–H and O–H groups in total. The van der Waals surface area contributed by atoms with Gasteiger partial charge in [0, 0.05) is 13.1 Å². The van der Waals surface area contributed by atoms with Crippen molar-refractivity contribution < 1.29 is 14.3 Å². The molecule has 0 radical (unpaired) electrons. The molecular weight excluding hydrogens is 352 g/mol. The predicted molar refractivity (Wildman–Crippen MR) is 111 cm³/mol. The van der Waals surface area contributed by atoms with E-state index < -0.39 is 0 Å². The van der Waals surface area contributed by atoms with Crippen LogP contribution in [0.5, 0.6) is 17.2 Å². The summed E-state index contributed by atoms with van der Waals surface area (Å²) in [5.74, 6) is 2.60. The van der Waals surface area contributed by atoms with Crippen LogP contribution in [-0.4, -0.2) is 44.1 Å². The summed E-state index contributed by atoms with van der Waals surface area (Å²) in [5, 5.41) is 3.21. The van der Waals surface area contributed by atoms with E-state index in [0.29, 0.717) is 35.3 Å². The van der Waals surface area contributed by atoms with Crippen molar-refractivity contribution in [2.75, 3.05) is 33.3 Å². The second kappa shape index (κ2) is 10.1. The van der Waals surface area contributed by atoms with Gasteiger partial charge in [-0.1, -0.05) is 24.3 Å². The highest BCUT2D eigenvalue weighted by Crippen LogP contribution is 2.34. The molecule has 1 amide bonds. The molecule has 5 nitrogen and oxygen atoms in total. The first-order valence-electron chi connectivity index (χ1n) is 10.2. The molecule has 0 saturated carbocycles. The van der Waals surface area contributed by atoms with Crippen molar-refractivity contribution in [3.05, 3.63) is 54.1 Å². The van der Waals surface area contributed by atoms with Crippen LogP contribution in [0.2, 0.25) is 0 Å². The summed E-state index contributed by atoms with van der Waals surface area (Å²) in [4.78, 5) is 15.1. The zero-order valence-corrected chi connectivity index (χ0v) is 16.8. The highest BCUT2D eigenvalue weighted by Gasteiger charge is 2.25. The van der Waals surface area contributed by atoms with Gasteiger partial charge in [-0.2, -0.15) is 0 Å². The molecule has 0 bridgehead atoms. The minimum atomic E-state index is 0.0385. The molecular formula is C23H30N2O3. The minimum Gasteiger partial charge on any atom is -0.490 e. The van der Waals surface area contributed by atoms with E-state index in [1.807, 2.05) is 67.4 Å². The number of nitrogens with one attached hydrogen (secondary N) is 1. The Kier molecular flexibility index (Phi) is 7.31. The number of benzene rings is 2. The molecule has 5 heteroatoms. The van der Waals surface area contributed by atoms with Gasteiger partial charge in [0.15, 0.2) is 11.5 Å². The predicted octanol–water partition coefficient (Wildman–Crippen LogP) is 4.34. The van der Waals surface area contributed by atoms with Crippen molar-refractivity contribution >= 4 is 5.91 Å². The van der Waals surface area contributed by atoms with Crippen LogP contribution in [0.15, 0.2) is 48.5 Å². The van der Waals surface area contributed by atoms with E-state index in [4.69, 9.17) is 9.47 Å². The van der Waals surface area contributed by atoms with Crippen LogP contribution >= 0.6 is 0 Å². The van der Waals surface area contributed by atoms with Crippen LogP contribution in [0.4, 0.5) is 0 Å². The molecule has 2 aromatic carbocycles. The largest absolute Gasteiger partial charge is 0.490 e. The number of hydrogen-bond donors (Lipinski definition) is 1. The number of para-hydroxylation sites is 3. The Morgan fingerprint density at radius 3 is 2.36 bits per heavy atom. The van der Waals surface area contributed by atoms with Gasteiger partial charge in [0.1, 0.15) is 5.75 Å². The third-order valence-corrected chi connectivity index (χ3v) is 5.19. The van der Waals surface area contributed by atoms with Crippen molar-refractivity contribution in [3.8, 4) is 17.2 Å². The molecule has 3 rings (SSSR count). The van der Waals surface area contributed by atoms with Gasteiger partial charge in [-0.3, -0.25) is 4.79 Å². The Balaban J connectivity index is 1.71. The number of ether oxygens (including phenoxy) is 2. The Morgan fingerprint density at radius 2 is 1.68 bits per heavy atom. The van der Waals surface area contributed by atoms with Crippen molar-refractivity contribution in [3.63, 3.8) is 0 Å². The monoisotopic (exact) mass is 382 g/mol. The fourth-order valence-electron chi connectivity index (χ4n) is 3.60. The number of carbonyl (C=O) groups is 1. The summed E-state index contributed by atoms with van der Waals surface area (Å²) in [6, 6.07) is 15.0. The van der Waals surface area contributed by atoms with E-state index in [9.17, 15) is 4.79 Å². The Morgan fingerprint density at radius 1 is 1.04 bits per heavy atom. The van der Waals surface area contributed by atoms with Gasteiger partial charge in [0.05, 0.1) is 12.2 Å². The average molecular weight is 383 g/mol. The lowest BCUT2D eigenvalue weighted by atomic mass is 9.93. The molecule has 0 atom stereocenters. The molecule has 1 saturated heterocycles. The van der Waals surface area contributed by atoms with Crippen molar-refractivity contribution in [2.45, 2.75) is 26.2 Å². The van der Waals surface area contributed by atoms with Crippen LogP contribution in [0.1, 0.15) is 36.5 Å². The van der Waals surface area contributed by atoms with E-state index in [2.05, 4.69) is 5.32 Å². The van der Waals surface area contributed by atoms with Crippen LogP contribution in [0.25, 0.3) is 0 Å². The zero-order valence-electron chi connectivity index (χ0n) is 16.8. The van der Waals surface area contributed by atoms with E-state index >= 15 is 0 Å². The third-order valence-electron chi connectivity index (χ3n) is 5.19. The third kappa shape index (κ3) is 5.04. The fraction of sp³-hybridized carbons (Fsp3) is 0.435. The summed E-state index contributed by atoms with van der Waals surface area (Å²) in [6.07, 6.45) is 3.29. The minimum absolute atomic E-state index is 0.0385. The molecule has 150 valence electrons. The molecule has 0 aliphatic carbocycles. The van der Waals surface area contributed by atoms with Gasteiger partial charge >= 0.3 is 0 Å². The van der Waals surface area contributed by atoms with E-state index in [0.717, 1.165) is 32.5 Å². The Labute approximate surface area is 167 Å². The van der Waals surface area contributed by atoms with Crippen LogP contribution in [0.3, 0.4) is 0 Å². The second-order valence-electron chi connectivity index (χ2n) is 7.11. The number of rotatable bonds is 8. The maximum Gasteiger partial charge on any atom is 0.257 e. The highest BCUT2D eigenvalue weighted by atomic mass is 16.5. The smallest absolute Gasteiger partial charge is 0.257 e. The molecule has 1 aliphatic heterocycles. The number of carbonyl (C=O) groups excluding carboxylic acids is 1. The zero-order chi connectivity index (χ0) is 19.8. The number of hydrogen-bond acceptors (Lipinski definition) is 4. The SMILES string of the molecule is CCOc1ccccc1Oc1ccccc1C(=O)N1CCC(CCNC)CC1. The standard InChI is InChI=1S/C23H30N2O3/c1-3-27-21-10-6-7-11-22(21)28-20-9-5-4-8-19(20)23(26)25-16-13-18(14-17-25)12-15-24-2/h4-11,18,24H,3,12-17H2,1-2H3. The van der Waals surface area contributed by atoms with Crippen LogP contribution in [0, 0.1) is 5.92 Å². The molecule has 0 unspecified atom stereocenters. The van der Waals surface area contributed by atoms with E-state index in [1.165, 1.54) is 6.42 Å². The lowest BCUT2D eigenvalue weighted by Crippen LogP contribution is -2.39. The number of likely N-dealkylation sites (tertiary alicyclic amines) is 1. The summed E-state index contributed by atoms with van der Waals surface area (Å²) < 4.78 is 11.7. The molecule has 28 heavy (non-hydrogen) atoms. The van der Waals surface area contributed by atoms with Gasteiger partial charge in [0.2, 0.25) is 0 Å². The molecule has 1 fully saturated rings. The lowest BCUT2D eigenvalue weighted by molar-refractivity contribution is 0.0684. The Bertz CT molecular complexity index is 770. The maximum atomic E-state index is 13.1. The van der Waals surface area contributed by atoms with E-state index in [-0.39, 0.29) is 5.91 Å². The number of nitrogens with zero attached hydrogens (tertiary/aromatic N) is 1. The van der Waals surface area contributed by atoms with Gasteiger partial charge in [-0.05, 0) is 70.0 Å².